The standard InChI is InChI=1S/C34H58O4S/c1-10-32(6,7)30(37)38-23-15-17-33(8)22(19-23)20-27(35)29-25-13-12-24(34(25,9)18-16-26(29)33)21(2)11-14-28(36)39-31(3,4)5/h21-27,29,35H,10-20H2,1-9H3. The number of thioether (sulfide) groups is 1. The van der Waals surface area contributed by atoms with Crippen LogP contribution >= 0.6 is 11.8 Å². The van der Waals surface area contributed by atoms with Crippen molar-refractivity contribution in [1.29, 1.82) is 0 Å². The lowest BCUT2D eigenvalue weighted by Gasteiger charge is -2.62. The predicted molar refractivity (Wildman–Crippen MR) is 161 cm³/mol. The number of carbonyl (C=O) groups is 2. The van der Waals surface area contributed by atoms with E-state index in [2.05, 4.69) is 41.5 Å². The molecule has 0 saturated heterocycles. The molecule has 0 aliphatic heterocycles. The fourth-order valence-electron chi connectivity index (χ4n) is 9.66. The lowest BCUT2D eigenvalue weighted by molar-refractivity contribution is -0.186. The van der Waals surface area contributed by atoms with Crippen LogP contribution in [0.3, 0.4) is 0 Å². The fraction of sp³-hybridized carbons (Fsp3) is 0.941. The van der Waals surface area contributed by atoms with Crippen molar-refractivity contribution >= 4 is 22.8 Å². The summed E-state index contributed by atoms with van der Waals surface area (Å²) in [4.78, 5) is 25.4. The number of aliphatic hydroxyl groups is 1. The van der Waals surface area contributed by atoms with Crippen molar-refractivity contribution in [3.63, 3.8) is 0 Å². The molecule has 0 radical (unpaired) electrons. The molecule has 1 N–H and O–H groups in total. The molecule has 4 aliphatic carbocycles. The third-order valence-electron chi connectivity index (χ3n) is 12.3. The summed E-state index contributed by atoms with van der Waals surface area (Å²) >= 11 is 1.49. The Kier molecular flexibility index (Phi) is 9.07. The average Bonchev–Trinajstić information content (AvgIpc) is 3.19. The van der Waals surface area contributed by atoms with Gasteiger partial charge in [-0.1, -0.05) is 60.2 Å². The van der Waals surface area contributed by atoms with Crippen molar-refractivity contribution in [2.24, 2.45) is 51.8 Å². The van der Waals surface area contributed by atoms with Crippen LogP contribution in [0.15, 0.2) is 0 Å². The predicted octanol–water partition coefficient (Wildman–Crippen LogP) is 8.44. The first-order valence-corrected chi connectivity index (χ1v) is 16.9. The minimum Gasteiger partial charge on any atom is -0.462 e. The Bertz CT molecular complexity index is 907. The molecule has 0 bridgehead atoms. The lowest BCUT2D eigenvalue weighted by atomic mass is 9.43. The molecular formula is C34H58O4S. The number of carbonyl (C=O) groups excluding carboxylic acids is 2. The van der Waals surface area contributed by atoms with Crippen LogP contribution in [0.2, 0.25) is 0 Å². The summed E-state index contributed by atoms with van der Waals surface area (Å²) in [6, 6.07) is 0. The van der Waals surface area contributed by atoms with Gasteiger partial charge < -0.3 is 9.84 Å². The molecule has 0 aromatic carbocycles. The summed E-state index contributed by atoms with van der Waals surface area (Å²) in [7, 11) is 0. The van der Waals surface area contributed by atoms with Crippen LogP contribution in [0, 0.1) is 51.8 Å². The molecule has 0 aromatic heterocycles. The highest BCUT2D eigenvalue weighted by molar-refractivity contribution is 8.14. The van der Waals surface area contributed by atoms with Gasteiger partial charge in [0.25, 0.3) is 0 Å². The van der Waals surface area contributed by atoms with Crippen molar-refractivity contribution in [1.82, 2.24) is 0 Å². The molecule has 4 saturated carbocycles. The van der Waals surface area contributed by atoms with Crippen LogP contribution in [0.5, 0.6) is 0 Å². The Labute approximate surface area is 243 Å². The van der Waals surface area contributed by atoms with Crippen LogP contribution in [-0.2, 0) is 14.3 Å². The summed E-state index contributed by atoms with van der Waals surface area (Å²) in [5, 5.41) is 12.0. The quantitative estimate of drug-likeness (QED) is 0.315. The molecule has 0 heterocycles. The zero-order valence-corrected chi connectivity index (χ0v) is 27.3. The molecule has 10 atom stereocenters. The summed E-state index contributed by atoms with van der Waals surface area (Å²) in [6.07, 6.45) is 10.9. The smallest absolute Gasteiger partial charge is 0.311 e. The van der Waals surface area contributed by atoms with Gasteiger partial charge in [-0.25, -0.2) is 0 Å². The summed E-state index contributed by atoms with van der Waals surface area (Å²) in [6.45, 7) is 19.8. The highest BCUT2D eigenvalue weighted by Crippen LogP contribution is 2.68. The van der Waals surface area contributed by atoms with Crippen molar-refractivity contribution in [2.75, 3.05) is 0 Å². The first kappa shape index (κ1) is 31.4. The summed E-state index contributed by atoms with van der Waals surface area (Å²) < 4.78 is 6.05. The van der Waals surface area contributed by atoms with Crippen molar-refractivity contribution in [3.8, 4) is 0 Å². The van der Waals surface area contributed by atoms with E-state index in [9.17, 15) is 14.7 Å². The second-order valence-electron chi connectivity index (χ2n) is 16.2. The molecular weight excluding hydrogens is 504 g/mol. The molecule has 0 aromatic rings. The van der Waals surface area contributed by atoms with Gasteiger partial charge in [-0.15, -0.1) is 0 Å². The first-order valence-electron chi connectivity index (χ1n) is 16.1. The van der Waals surface area contributed by atoms with Gasteiger partial charge in [-0.3, -0.25) is 9.59 Å². The van der Waals surface area contributed by atoms with Crippen molar-refractivity contribution in [3.05, 3.63) is 0 Å². The molecule has 5 heteroatoms. The topological polar surface area (TPSA) is 63.6 Å². The number of aliphatic hydroxyl groups excluding tert-OH is 1. The van der Waals surface area contributed by atoms with Gasteiger partial charge >= 0.3 is 5.97 Å². The third-order valence-corrected chi connectivity index (χ3v) is 13.4. The number of hydrogen-bond donors (Lipinski definition) is 1. The monoisotopic (exact) mass is 562 g/mol. The number of ether oxygens (including phenoxy) is 1. The van der Waals surface area contributed by atoms with Gasteiger partial charge in [-0.05, 0) is 124 Å². The molecule has 0 amide bonds. The minimum atomic E-state index is -0.430. The van der Waals surface area contributed by atoms with E-state index in [-0.39, 0.29) is 33.8 Å². The molecule has 4 aliphatic rings. The van der Waals surface area contributed by atoms with Gasteiger partial charge in [0, 0.05) is 11.2 Å². The van der Waals surface area contributed by atoms with E-state index < -0.39 is 5.41 Å². The van der Waals surface area contributed by atoms with Crippen molar-refractivity contribution in [2.45, 2.75) is 150 Å². The average molecular weight is 563 g/mol. The SMILES string of the molecule is CCC(C)(C)C(=O)OC1CCC2(C)C(C1)CC(O)C1C2CCC2(C)C(C(C)CCC(=O)SC(C)(C)C)CCC12. The van der Waals surface area contributed by atoms with Crippen LogP contribution < -0.4 is 0 Å². The molecule has 0 spiro atoms. The third kappa shape index (κ3) is 6.15. The van der Waals surface area contributed by atoms with Gasteiger partial charge in [-0.2, -0.15) is 0 Å². The largest absolute Gasteiger partial charge is 0.462 e. The molecule has 224 valence electrons. The van der Waals surface area contributed by atoms with E-state index in [0.29, 0.717) is 47.0 Å². The zero-order chi connectivity index (χ0) is 29.0. The van der Waals surface area contributed by atoms with Crippen LogP contribution in [0.1, 0.15) is 133 Å². The highest BCUT2D eigenvalue weighted by atomic mass is 32.2. The number of hydrogen-bond acceptors (Lipinski definition) is 5. The number of fused-ring (bicyclic) bond motifs is 5. The zero-order valence-electron chi connectivity index (χ0n) is 26.5. The summed E-state index contributed by atoms with van der Waals surface area (Å²) in [5.41, 5.74) is 0.0682. The first-order chi connectivity index (χ1) is 18.0. The second kappa shape index (κ2) is 11.3. The Hall–Kier alpha value is -0.550. The fourth-order valence-corrected chi connectivity index (χ4v) is 10.6. The van der Waals surface area contributed by atoms with E-state index in [4.69, 9.17) is 4.74 Å². The van der Waals surface area contributed by atoms with Gasteiger partial charge in [0.15, 0.2) is 5.12 Å². The molecule has 4 nitrogen and oxygen atoms in total. The molecule has 39 heavy (non-hydrogen) atoms. The maximum absolute atomic E-state index is 12.8. The van der Waals surface area contributed by atoms with E-state index in [1.807, 2.05) is 20.8 Å². The highest BCUT2D eigenvalue weighted by Gasteiger charge is 2.63. The Morgan fingerprint density at radius 1 is 0.974 bits per heavy atom. The van der Waals surface area contributed by atoms with Crippen LogP contribution in [-0.4, -0.2) is 33.1 Å². The van der Waals surface area contributed by atoms with Gasteiger partial charge in [0.05, 0.1) is 11.5 Å². The minimum absolute atomic E-state index is 0.00475. The maximum atomic E-state index is 12.8. The Morgan fingerprint density at radius 2 is 1.62 bits per heavy atom. The Morgan fingerprint density at radius 3 is 2.26 bits per heavy atom. The number of rotatable bonds is 7. The van der Waals surface area contributed by atoms with Gasteiger partial charge in [0.1, 0.15) is 6.10 Å². The van der Waals surface area contributed by atoms with Gasteiger partial charge in [0.2, 0.25) is 0 Å². The second-order valence-corrected chi connectivity index (χ2v) is 18.1. The van der Waals surface area contributed by atoms with E-state index >= 15 is 0 Å². The molecule has 4 fully saturated rings. The maximum Gasteiger partial charge on any atom is 0.311 e. The summed E-state index contributed by atoms with van der Waals surface area (Å²) in [5.74, 6) is 3.08. The van der Waals surface area contributed by atoms with Crippen LogP contribution in [0.25, 0.3) is 0 Å². The molecule has 10 unspecified atom stereocenters. The van der Waals surface area contributed by atoms with Crippen molar-refractivity contribution < 1.29 is 19.4 Å². The molecule has 4 rings (SSSR count). The number of esters is 1. The van der Waals surface area contributed by atoms with Crippen LogP contribution in [0.4, 0.5) is 0 Å². The normalized spacial score (nSPS) is 41.2. The van der Waals surface area contributed by atoms with E-state index in [1.165, 1.54) is 37.4 Å². The Balaban J connectivity index is 1.42. The van der Waals surface area contributed by atoms with E-state index in [1.54, 1.807) is 0 Å². The lowest BCUT2D eigenvalue weighted by Crippen LogP contribution is -2.59. The van der Waals surface area contributed by atoms with E-state index in [0.717, 1.165) is 38.5 Å².